The highest BCUT2D eigenvalue weighted by atomic mass is 35.5. The van der Waals surface area contributed by atoms with Crippen LogP contribution in [0, 0.1) is 6.92 Å². The van der Waals surface area contributed by atoms with Crippen LogP contribution in [-0.2, 0) is 10.0 Å². The molecule has 0 saturated carbocycles. The molecule has 20 heavy (non-hydrogen) atoms. The van der Waals surface area contributed by atoms with Gasteiger partial charge < -0.3 is 5.73 Å². The van der Waals surface area contributed by atoms with E-state index in [4.69, 9.17) is 28.9 Å². The van der Waals surface area contributed by atoms with Gasteiger partial charge in [0, 0.05) is 15.7 Å². The van der Waals surface area contributed by atoms with E-state index in [1.54, 1.807) is 25.1 Å². The molecule has 0 aliphatic carbocycles. The fourth-order valence-corrected chi connectivity index (χ4v) is 3.50. The normalized spacial score (nSPS) is 11.3. The molecule has 0 saturated heterocycles. The Morgan fingerprint density at radius 1 is 1.10 bits per heavy atom. The van der Waals surface area contributed by atoms with Crippen LogP contribution in [0.5, 0.6) is 0 Å². The zero-order chi connectivity index (χ0) is 14.9. The maximum absolute atomic E-state index is 12.3. The van der Waals surface area contributed by atoms with E-state index in [0.29, 0.717) is 16.9 Å². The Morgan fingerprint density at radius 2 is 1.70 bits per heavy atom. The minimum atomic E-state index is -3.77. The van der Waals surface area contributed by atoms with E-state index < -0.39 is 10.0 Å². The van der Waals surface area contributed by atoms with E-state index in [9.17, 15) is 8.42 Å². The fraction of sp³-hybridized carbons (Fsp3) is 0.0769. The Morgan fingerprint density at radius 3 is 2.30 bits per heavy atom. The Hall–Kier alpha value is -1.43. The van der Waals surface area contributed by atoms with Crippen molar-refractivity contribution >= 4 is 44.6 Å². The first-order chi connectivity index (χ1) is 9.29. The lowest BCUT2D eigenvalue weighted by Crippen LogP contribution is -2.14. The van der Waals surface area contributed by atoms with Crippen molar-refractivity contribution < 1.29 is 8.42 Å². The molecule has 0 amide bonds. The van der Waals surface area contributed by atoms with Crippen LogP contribution in [-0.4, -0.2) is 8.42 Å². The summed E-state index contributed by atoms with van der Waals surface area (Å²) in [4.78, 5) is -0.00294. The van der Waals surface area contributed by atoms with Gasteiger partial charge >= 0.3 is 0 Å². The largest absolute Gasteiger partial charge is 0.398 e. The lowest BCUT2D eigenvalue weighted by atomic mass is 10.2. The van der Waals surface area contributed by atoms with Gasteiger partial charge in [0.25, 0.3) is 10.0 Å². The van der Waals surface area contributed by atoms with Gasteiger partial charge in [-0.15, -0.1) is 0 Å². The summed E-state index contributed by atoms with van der Waals surface area (Å²) in [6.07, 6.45) is 0. The van der Waals surface area contributed by atoms with Crippen molar-refractivity contribution in [3.63, 3.8) is 0 Å². The molecule has 0 aliphatic rings. The van der Waals surface area contributed by atoms with Gasteiger partial charge in [0.05, 0.1) is 10.6 Å². The first-order valence-corrected chi connectivity index (χ1v) is 7.87. The quantitative estimate of drug-likeness (QED) is 0.843. The second kappa shape index (κ2) is 5.52. The first kappa shape index (κ1) is 15.0. The first-order valence-electron chi connectivity index (χ1n) is 5.63. The molecule has 4 nitrogen and oxygen atoms in total. The van der Waals surface area contributed by atoms with Crippen LogP contribution in [0.3, 0.4) is 0 Å². The van der Waals surface area contributed by atoms with Crippen molar-refractivity contribution in [3.8, 4) is 0 Å². The van der Waals surface area contributed by atoms with Crippen LogP contribution in [0.25, 0.3) is 0 Å². The number of hydrogen-bond donors (Lipinski definition) is 2. The Labute approximate surface area is 127 Å². The molecule has 0 heterocycles. The third-order valence-corrected chi connectivity index (χ3v) is 4.55. The number of hydrogen-bond acceptors (Lipinski definition) is 3. The smallest absolute Gasteiger partial charge is 0.262 e. The molecule has 0 aliphatic heterocycles. The molecule has 0 radical (unpaired) electrons. The van der Waals surface area contributed by atoms with Crippen LogP contribution >= 0.6 is 23.2 Å². The average molecular weight is 331 g/mol. The minimum Gasteiger partial charge on any atom is -0.398 e. The maximum Gasteiger partial charge on any atom is 0.262 e. The monoisotopic (exact) mass is 330 g/mol. The van der Waals surface area contributed by atoms with Crippen molar-refractivity contribution in [2.75, 3.05) is 10.5 Å². The number of benzene rings is 2. The minimum absolute atomic E-state index is 0.00294. The van der Waals surface area contributed by atoms with Gasteiger partial charge in [0.15, 0.2) is 0 Å². The number of nitrogens with one attached hydrogen (secondary N) is 1. The Kier molecular flexibility index (Phi) is 4.13. The van der Waals surface area contributed by atoms with Gasteiger partial charge in [-0.3, -0.25) is 4.72 Å². The van der Waals surface area contributed by atoms with E-state index in [2.05, 4.69) is 4.72 Å². The number of halogens is 2. The van der Waals surface area contributed by atoms with Crippen molar-refractivity contribution in [1.82, 2.24) is 0 Å². The molecule has 0 fully saturated rings. The fourth-order valence-electron chi connectivity index (χ4n) is 1.65. The van der Waals surface area contributed by atoms with Crippen molar-refractivity contribution in [2.24, 2.45) is 0 Å². The molecule has 2 aromatic rings. The molecule has 2 rings (SSSR count). The Bertz CT molecular complexity index is 741. The number of anilines is 2. The van der Waals surface area contributed by atoms with Gasteiger partial charge in [-0.1, -0.05) is 29.3 Å². The molecule has 106 valence electrons. The summed E-state index contributed by atoms with van der Waals surface area (Å²) in [5.74, 6) is 0. The van der Waals surface area contributed by atoms with Gasteiger partial charge in [0.2, 0.25) is 0 Å². The summed E-state index contributed by atoms with van der Waals surface area (Å²) >= 11 is 11.6. The van der Waals surface area contributed by atoms with Gasteiger partial charge in [-0.25, -0.2) is 8.42 Å². The predicted octanol–water partition coefficient (Wildman–Crippen LogP) is 3.68. The molecule has 0 unspecified atom stereocenters. The van der Waals surface area contributed by atoms with Crippen LogP contribution in [0.15, 0.2) is 41.3 Å². The van der Waals surface area contributed by atoms with Crippen LogP contribution in [0.1, 0.15) is 5.56 Å². The lowest BCUT2D eigenvalue weighted by Gasteiger charge is -2.12. The summed E-state index contributed by atoms with van der Waals surface area (Å²) in [5, 5.41) is 0.504. The summed E-state index contributed by atoms with van der Waals surface area (Å²) in [6, 6.07) is 9.13. The third-order valence-electron chi connectivity index (χ3n) is 2.77. The van der Waals surface area contributed by atoms with E-state index >= 15 is 0 Å². The average Bonchev–Trinajstić information content (AvgIpc) is 2.33. The van der Waals surface area contributed by atoms with E-state index in [1.165, 1.54) is 18.2 Å². The SMILES string of the molecule is Cc1c(N)cccc1NS(=O)(=O)c1cc(Cl)cc(Cl)c1. The van der Waals surface area contributed by atoms with Crippen molar-refractivity contribution in [3.05, 3.63) is 52.0 Å². The summed E-state index contributed by atoms with van der Waals surface area (Å²) in [6.45, 7) is 1.73. The zero-order valence-corrected chi connectivity index (χ0v) is 12.9. The zero-order valence-electron chi connectivity index (χ0n) is 10.5. The topological polar surface area (TPSA) is 72.2 Å². The summed E-state index contributed by atoms with van der Waals surface area (Å²) < 4.78 is 27.1. The van der Waals surface area contributed by atoms with Crippen LogP contribution < -0.4 is 10.5 Å². The van der Waals surface area contributed by atoms with Crippen LogP contribution in [0.4, 0.5) is 11.4 Å². The Balaban J connectivity index is 2.43. The molecule has 3 N–H and O–H groups in total. The maximum atomic E-state index is 12.3. The van der Waals surface area contributed by atoms with Gasteiger partial charge in [-0.2, -0.15) is 0 Å². The molecule has 2 aromatic carbocycles. The standard InChI is InChI=1S/C13H12Cl2N2O2S/c1-8-12(16)3-2-4-13(8)17-20(18,19)11-6-9(14)5-10(15)7-11/h2-7,17H,16H2,1H3. The molecule has 7 heteroatoms. The van der Waals surface area contributed by atoms with Gasteiger partial charge in [0.1, 0.15) is 0 Å². The molecule has 0 atom stereocenters. The van der Waals surface area contributed by atoms with Crippen molar-refractivity contribution in [2.45, 2.75) is 11.8 Å². The molecular formula is C13H12Cl2N2O2S. The number of nitrogens with two attached hydrogens (primary N) is 1. The third kappa shape index (κ3) is 3.17. The predicted molar refractivity (Wildman–Crippen MR) is 82.9 cm³/mol. The number of nitrogen functional groups attached to an aromatic ring is 1. The summed E-state index contributed by atoms with van der Waals surface area (Å²) in [5.41, 5.74) is 7.33. The highest BCUT2D eigenvalue weighted by Crippen LogP contribution is 2.26. The lowest BCUT2D eigenvalue weighted by molar-refractivity contribution is 0.601. The van der Waals surface area contributed by atoms with E-state index in [0.717, 1.165) is 0 Å². The van der Waals surface area contributed by atoms with E-state index in [-0.39, 0.29) is 14.9 Å². The number of sulfonamides is 1. The molecule has 0 aromatic heterocycles. The van der Waals surface area contributed by atoms with E-state index in [1.807, 2.05) is 0 Å². The second-order valence-corrected chi connectivity index (χ2v) is 6.79. The van der Waals surface area contributed by atoms with Crippen LogP contribution in [0.2, 0.25) is 10.0 Å². The second-order valence-electron chi connectivity index (χ2n) is 4.23. The number of rotatable bonds is 3. The highest BCUT2D eigenvalue weighted by Gasteiger charge is 2.17. The molecule has 0 spiro atoms. The molecule has 0 bridgehead atoms. The highest BCUT2D eigenvalue weighted by molar-refractivity contribution is 7.92. The van der Waals surface area contributed by atoms with Crippen molar-refractivity contribution in [1.29, 1.82) is 0 Å². The van der Waals surface area contributed by atoms with Gasteiger partial charge in [-0.05, 0) is 42.8 Å². The summed E-state index contributed by atoms with van der Waals surface area (Å²) in [7, 11) is -3.77. The molecular weight excluding hydrogens is 319 g/mol.